The van der Waals surface area contributed by atoms with Crippen LogP contribution in [0.25, 0.3) is 0 Å². The van der Waals surface area contributed by atoms with E-state index in [4.69, 9.17) is 5.73 Å². The molecule has 1 fully saturated rings. The molecule has 0 aromatic rings. The molecule has 0 bridgehead atoms. The van der Waals surface area contributed by atoms with Gasteiger partial charge in [-0.3, -0.25) is 14.4 Å². The Morgan fingerprint density at radius 3 is 2.20 bits per heavy atom. The summed E-state index contributed by atoms with van der Waals surface area (Å²) < 4.78 is 0. The first-order valence-electron chi connectivity index (χ1n) is 10.6. The number of carbonyl (C=O) groups excluding carboxylic acids is 3. The van der Waals surface area contributed by atoms with E-state index in [0.717, 1.165) is 6.42 Å². The Kier molecular flexibility index (Phi) is 10.6. The molecular weight excluding hydrogens is 408 g/mol. The van der Waals surface area contributed by atoms with Crippen molar-refractivity contribution in [1.29, 1.82) is 0 Å². The van der Waals surface area contributed by atoms with Crippen molar-refractivity contribution in [1.82, 2.24) is 15.5 Å². The molecule has 0 spiro atoms. The Bertz CT molecular complexity index is 632. The molecule has 1 heterocycles. The molecule has 0 aromatic heterocycles. The molecule has 10 heteroatoms. The summed E-state index contributed by atoms with van der Waals surface area (Å²) in [5, 5.41) is 14.7. The number of rotatable bonds is 11. The first-order chi connectivity index (χ1) is 14.1. The number of amides is 3. The second-order valence-electron chi connectivity index (χ2n) is 8.05. The lowest BCUT2D eigenvalue weighted by molar-refractivity contribution is -0.150. The molecule has 9 nitrogen and oxygen atoms in total. The van der Waals surface area contributed by atoms with E-state index >= 15 is 0 Å². The zero-order valence-electron chi connectivity index (χ0n) is 18.3. The van der Waals surface area contributed by atoms with Crippen molar-refractivity contribution < 1.29 is 24.3 Å². The van der Waals surface area contributed by atoms with Gasteiger partial charge in [-0.2, -0.15) is 12.6 Å². The van der Waals surface area contributed by atoms with Gasteiger partial charge in [-0.15, -0.1) is 0 Å². The number of nitrogens with one attached hydrogen (secondary N) is 2. The number of hydrogen-bond donors (Lipinski definition) is 5. The molecule has 30 heavy (non-hydrogen) atoms. The molecule has 1 aliphatic rings. The highest BCUT2D eigenvalue weighted by Crippen LogP contribution is 2.21. The van der Waals surface area contributed by atoms with Gasteiger partial charge < -0.3 is 26.4 Å². The largest absolute Gasteiger partial charge is 0.480 e. The predicted octanol–water partition coefficient (Wildman–Crippen LogP) is 0.381. The summed E-state index contributed by atoms with van der Waals surface area (Å²) in [7, 11) is 0. The number of likely N-dealkylation sites (tertiary alicyclic amines) is 1. The maximum absolute atomic E-state index is 13.1. The zero-order valence-corrected chi connectivity index (χ0v) is 19.2. The van der Waals surface area contributed by atoms with Crippen LogP contribution in [0.15, 0.2) is 0 Å². The van der Waals surface area contributed by atoms with E-state index in [-0.39, 0.29) is 17.6 Å². The lowest BCUT2D eigenvalue weighted by atomic mass is 9.96. The van der Waals surface area contributed by atoms with Crippen LogP contribution in [0.2, 0.25) is 0 Å². The first-order valence-corrected chi connectivity index (χ1v) is 11.2. The van der Waals surface area contributed by atoms with E-state index in [1.54, 1.807) is 0 Å². The molecule has 6 unspecified atom stereocenters. The average molecular weight is 445 g/mol. The fourth-order valence-corrected chi connectivity index (χ4v) is 3.63. The maximum atomic E-state index is 13.1. The van der Waals surface area contributed by atoms with E-state index in [0.29, 0.717) is 25.8 Å². The highest BCUT2D eigenvalue weighted by molar-refractivity contribution is 7.80. The third-order valence-corrected chi connectivity index (χ3v) is 6.34. The van der Waals surface area contributed by atoms with Crippen LogP contribution in [0.5, 0.6) is 0 Å². The van der Waals surface area contributed by atoms with Gasteiger partial charge in [-0.05, 0) is 24.7 Å². The monoisotopic (exact) mass is 444 g/mol. The predicted molar refractivity (Wildman–Crippen MR) is 117 cm³/mol. The summed E-state index contributed by atoms with van der Waals surface area (Å²) in [6.45, 7) is 7.83. The minimum absolute atomic E-state index is 0.0354. The summed E-state index contributed by atoms with van der Waals surface area (Å²) in [5.74, 6) is -2.68. The number of nitrogens with zero attached hydrogens (tertiary/aromatic N) is 1. The third kappa shape index (κ3) is 6.60. The number of hydrogen-bond acceptors (Lipinski definition) is 6. The van der Waals surface area contributed by atoms with Crippen molar-refractivity contribution in [2.45, 2.75) is 77.5 Å². The maximum Gasteiger partial charge on any atom is 0.326 e. The van der Waals surface area contributed by atoms with E-state index in [1.807, 2.05) is 27.7 Å². The number of carboxylic acids is 1. The van der Waals surface area contributed by atoms with Crippen LogP contribution >= 0.6 is 12.6 Å². The SMILES string of the molecule is CCC(C)C(N)C(=O)NC(CS)C(=O)NC(C(=O)N1CCCC1C(=O)O)C(C)CC. The number of thiol groups is 1. The fourth-order valence-electron chi connectivity index (χ4n) is 3.38. The Hall–Kier alpha value is -1.81. The summed E-state index contributed by atoms with van der Waals surface area (Å²) >= 11 is 4.16. The molecule has 1 saturated heterocycles. The van der Waals surface area contributed by atoms with E-state index in [2.05, 4.69) is 23.3 Å². The van der Waals surface area contributed by atoms with Crippen LogP contribution in [-0.4, -0.2) is 70.2 Å². The van der Waals surface area contributed by atoms with Crippen molar-refractivity contribution >= 4 is 36.3 Å². The van der Waals surface area contributed by atoms with Crippen LogP contribution in [0.1, 0.15) is 53.4 Å². The summed E-state index contributed by atoms with van der Waals surface area (Å²) in [6, 6.07) is -3.47. The summed E-state index contributed by atoms with van der Waals surface area (Å²) in [5.41, 5.74) is 5.93. The van der Waals surface area contributed by atoms with Crippen LogP contribution in [0.4, 0.5) is 0 Å². The molecule has 0 radical (unpaired) electrons. The third-order valence-electron chi connectivity index (χ3n) is 5.97. The molecule has 0 saturated carbocycles. The highest BCUT2D eigenvalue weighted by atomic mass is 32.1. The molecular formula is C20H36N4O5S. The minimum atomic E-state index is -1.05. The highest BCUT2D eigenvalue weighted by Gasteiger charge is 2.39. The molecule has 0 aliphatic carbocycles. The molecule has 172 valence electrons. The molecule has 3 amide bonds. The van der Waals surface area contributed by atoms with Crippen molar-refractivity contribution in [3.05, 3.63) is 0 Å². The fraction of sp³-hybridized carbons (Fsp3) is 0.800. The number of nitrogens with two attached hydrogens (primary N) is 1. The van der Waals surface area contributed by atoms with Gasteiger partial charge in [0.15, 0.2) is 0 Å². The molecule has 6 atom stereocenters. The lowest BCUT2D eigenvalue weighted by Gasteiger charge is -2.31. The van der Waals surface area contributed by atoms with Gasteiger partial charge in [0.05, 0.1) is 6.04 Å². The quantitative estimate of drug-likeness (QED) is 0.292. The van der Waals surface area contributed by atoms with Gasteiger partial charge in [0.2, 0.25) is 17.7 Å². The first kappa shape index (κ1) is 26.2. The van der Waals surface area contributed by atoms with E-state index < -0.39 is 47.9 Å². The number of carbonyl (C=O) groups is 4. The standard InChI is InChI=1S/C20H36N4O5S/c1-5-11(3)15(21)18(26)22-13(10-30)17(25)23-16(12(4)6-2)19(27)24-9-7-8-14(24)20(28)29/h11-16,30H,5-10,21H2,1-4H3,(H,22,26)(H,23,25)(H,28,29). The van der Waals surface area contributed by atoms with Crippen LogP contribution in [-0.2, 0) is 19.2 Å². The number of aliphatic carboxylic acids is 1. The van der Waals surface area contributed by atoms with Gasteiger partial charge in [-0.1, -0.05) is 40.5 Å². The van der Waals surface area contributed by atoms with Gasteiger partial charge in [0.1, 0.15) is 18.1 Å². The summed E-state index contributed by atoms with van der Waals surface area (Å²) in [4.78, 5) is 51.1. The van der Waals surface area contributed by atoms with Gasteiger partial charge in [-0.25, -0.2) is 4.79 Å². The normalized spacial score (nSPS) is 21.3. The van der Waals surface area contributed by atoms with E-state index in [1.165, 1.54) is 4.90 Å². The van der Waals surface area contributed by atoms with Crippen LogP contribution in [0.3, 0.4) is 0 Å². The molecule has 1 aliphatic heterocycles. The second-order valence-corrected chi connectivity index (χ2v) is 8.42. The Morgan fingerprint density at radius 2 is 1.70 bits per heavy atom. The van der Waals surface area contributed by atoms with Crippen LogP contribution in [0, 0.1) is 11.8 Å². The van der Waals surface area contributed by atoms with Gasteiger partial charge in [0, 0.05) is 12.3 Å². The van der Waals surface area contributed by atoms with Crippen molar-refractivity contribution in [3.63, 3.8) is 0 Å². The Labute approximate surface area is 183 Å². The van der Waals surface area contributed by atoms with Crippen LogP contribution < -0.4 is 16.4 Å². The summed E-state index contributed by atoms with van der Waals surface area (Å²) in [6.07, 6.45) is 2.33. The van der Waals surface area contributed by atoms with E-state index in [9.17, 15) is 24.3 Å². The van der Waals surface area contributed by atoms with Crippen molar-refractivity contribution in [3.8, 4) is 0 Å². The molecule has 5 N–H and O–H groups in total. The number of carboxylic acid groups (broad SMARTS) is 1. The lowest BCUT2D eigenvalue weighted by Crippen LogP contribution is -2.59. The topological polar surface area (TPSA) is 142 Å². The molecule has 1 rings (SSSR count). The average Bonchev–Trinajstić information content (AvgIpc) is 3.23. The smallest absolute Gasteiger partial charge is 0.326 e. The zero-order chi connectivity index (χ0) is 23.0. The van der Waals surface area contributed by atoms with Gasteiger partial charge in [0.25, 0.3) is 0 Å². The van der Waals surface area contributed by atoms with Crippen molar-refractivity contribution in [2.75, 3.05) is 12.3 Å². The Balaban J connectivity index is 2.92. The Morgan fingerprint density at radius 1 is 1.10 bits per heavy atom. The second kappa shape index (κ2) is 12.1. The molecule has 0 aromatic carbocycles. The van der Waals surface area contributed by atoms with Crippen molar-refractivity contribution in [2.24, 2.45) is 17.6 Å². The van der Waals surface area contributed by atoms with Gasteiger partial charge >= 0.3 is 5.97 Å². The minimum Gasteiger partial charge on any atom is -0.480 e.